The number of nitrogens with zero attached hydrogens (tertiary/aromatic N) is 4. The molecule has 1 fully saturated rings. The number of ether oxygens (including phenoxy) is 1. The molecular formula is C27H30N4O5S2. The van der Waals surface area contributed by atoms with Gasteiger partial charge in [-0.25, -0.2) is 13.4 Å². The number of carboxylic acid groups (broad SMARTS) is 1. The minimum absolute atomic E-state index is 0.00420. The van der Waals surface area contributed by atoms with Gasteiger partial charge in [-0.05, 0) is 62.2 Å². The van der Waals surface area contributed by atoms with Crippen LogP contribution in [0.5, 0.6) is 5.75 Å². The van der Waals surface area contributed by atoms with E-state index in [1.807, 2.05) is 56.1 Å². The highest BCUT2D eigenvalue weighted by atomic mass is 32.2. The number of sulfonamides is 1. The molecule has 4 aromatic rings. The fraction of sp³-hybridized carbons (Fsp3) is 0.333. The van der Waals surface area contributed by atoms with Crippen molar-refractivity contribution in [3.05, 3.63) is 66.6 Å². The van der Waals surface area contributed by atoms with Crippen molar-refractivity contribution in [2.45, 2.75) is 53.8 Å². The Morgan fingerprint density at radius 1 is 1.21 bits per heavy atom. The third kappa shape index (κ3) is 5.31. The van der Waals surface area contributed by atoms with Crippen molar-refractivity contribution in [3.8, 4) is 5.75 Å². The minimum atomic E-state index is -3.67. The number of rotatable bonds is 9. The third-order valence-electron chi connectivity index (χ3n) is 6.60. The van der Waals surface area contributed by atoms with Crippen LogP contribution in [-0.4, -0.2) is 57.1 Å². The number of carbonyl (C=O) groups is 1. The average molecular weight is 555 g/mol. The molecular weight excluding hydrogens is 524 g/mol. The van der Waals surface area contributed by atoms with Crippen LogP contribution in [0.15, 0.2) is 76.0 Å². The van der Waals surface area contributed by atoms with Gasteiger partial charge in [0.05, 0.1) is 11.0 Å². The molecule has 1 N–H and O–H groups in total. The van der Waals surface area contributed by atoms with Crippen molar-refractivity contribution in [3.63, 3.8) is 0 Å². The van der Waals surface area contributed by atoms with Crippen molar-refractivity contribution < 1.29 is 23.1 Å². The molecule has 1 atom stereocenters. The van der Waals surface area contributed by atoms with Gasteiger partial charge in [0.25, 0.3) is 0 Å². The van der Waals surface area contributed by atoms with Gasteiger partial charge in [-0.1, -0.05) is 17.8 Å². The molecule has 11 heteroatoms. The lowest BCUT2D eigenvalue weighted by Gasteiger charge is -2.17. The van der Waals surface area contributed by atoms with E-state index in [9.17, 15) is 18.3 Å². The standard InChI is InChI=1S/C27H30N4O5S2/c1-18(2)36-20-4-7-22(8-5-20)38(34,35)31-12-10-19(15-31)24-16-30(17-26(32)33)25-14-21(6-9-23(24)25)37-27-28-11-13-29(27)3/h4-9,11,13-14,16,18-19H,10,12,15,17H2,1-3H3,(H,32,33). The topological polar surface area (TPSA) is 107 Å². The molecule has 9 nitrogen and oxygen atoms in total. The molecule has 1 saturated heterocycles. The van der Waals surface area contributed by atoms with E-state index in [1.165, 1.54) is 16.1 Å². The molecule has 0 radical (unpaired) electrons. The molecule has 1 aliphatic heterocycles. The summed E-state index contributed by atoms with van der Waals surface area (Å²) in [5, 5.41) is 11.3. The summed E-state index contributed by atoms with van der Waals surface area (Å²) in [7, 11) is -1.74. The minimum Gasteiger partial charge on any atom is -0.491 e. The normalized spacial score (nSPS) is 16.5. The number of aryl methyl sites for hydroxylation is 1. The molecule has 0 spiro atoms. The van der Waals surface area contributed by atoms with Crippen LogP contribution in [0, 0.1) is 0 Å². The number of hydrogen-bond donors (Lipinski definition) is 1. The second-order valence-electron chi connectivity index (χ2n) is 9.69. The zero-order chi connectivity index (χ0) is 27.0. The van der Waals surface area contributed by atoms with Crippen LogP contribution in [0.1, 0.15) is 31.7 Å². The number of hydrogen-bond acceptors (Lipinski definition) is 6. The molecule has 200 valence electrons. The Morgan fingerprint density at radius 3 is 2.63 bits per heavy atom. The van der Waals surface area contributed by atoms with Gasteiger partial charge in [0.15, 0.2) is 5.16 Å². The SMILES string of the molecule is CC(C)Oc1ccc(S(=O)(=O)N2CCC(c3cn(CC(=O)O)c4cc(Sc5nccn5C)ccc34)C2)cc1. The molecule has 0 saturated carbocycles. The highest BCUT2D eigenvalue weighted by Gasteiger charge is 2.34. The third-order valence-corrected chi connectivity index (χ3v) is 9.55. The summed E-state index contributed by atoms with van der Waals surface area (Å²) in [6.07, 6.45) is 6.14. The summed E-state index contributed by atoms with van der Waals surface area (Å²) in [6, 6.07) is 12.5. The number of fused-ring (bicyclic) bond motifs is 1. The molecule has 0 aliphatic carbocycles. The van der Waals surface area contributed by atoms with E-state index >= 15 is 0 Å². The molecule has 1 aliphatic rings. The maximum Gasteiger partial charge on any atom is 0.323 e. The zero-order valence-electron chi connectivity index (χ0n) is 21.4. The van der Waals surface area contributed by atoms with E-state index in [1.54, 1.807) is 35.0 Å². The quantitative estimate of drug-likeness (QED) is 0.323. The predicted molar refractivity (Wildman–Crippen MR) is 145 cm³/mol. The molecule has 3 heterocycles. The van der Waals surface area contributed by atoms with Crippen LogP contribution in [0.4, 0.5) is 0 Å². The largest absolute Gasteiger partial charge is 0.491 e. The second-order valence-corrected chi connectivity index (χ2v) is 12.7. The van der Waals surface area contributed by atoms with Gasteiger partial charge in [0.2, 0.25) is 10.0 Å². The van der Waals surface area contributed by atoms with E-state index in [2.05, 4.69) is 4.98 Å². The van der Waals surface area contributed by atoms with E-state index in [-0.39, 0.29) is 23.5 Å². The molecule has 0 amide bonds. The van der Waals surface area contributed by atoms with Crippen LogP contribution >= 0.6 is 11.8 Å². The summed E-state index contributed by atoms with van der Waals surface area (Å²) < 4.78 is 37.6. The van der Waals surface area contributed by atoms with E-state index in [0.29, 0.717) is 25.3 Å². The smallest absolute Gasteiger partial charge is 0.323 e. The van der Waals surface area contributed by atoms with Crippen LogP contribution < -0.4 is 4.74 Å². The number of imidazole rings is 1. The lowest BCUT2D eigenvalue weighted by atomic mass is 9.98. The second kappa shape index (κ2) is 10.5. The Bertz CT molecular complexity index is 1570. The van der Waals surface area contributed by atoms with Crippen molar-refractivity contribution in [1.29, 1.82) is 0 Å². The van der Waals surface area contributed by atoms with Crippen molar-refractivity contribution >= 4 is 38.7 Å². The van der Waals surface area contributed by atoms with Crippen molar-refractivity contribution in [2.24, 2.45) is 7.05 Å². The highest BCUT2D eigenvalue weighted by molar-refractivity contribution is 7.99. The fourth-order valence-corrected chi connectivity index (χ4v) is 7.17. The zero-order valence-corrected chi connectivity index (χ0v) is 23.1. The van der Waals surface area contributed by atoms with Crippen LogP contribution in [-0.2, 0) is 28.4 Å². The first-order valence-corrected chi connectivity index (χ1v) is 14.6. The summed E-state index contributed by atoms with van der Waals surface area (Å²) in [5.74, 6) is -0.347. The van der Waals surface area contributed by atoms with Gasteiger partial charge in [0, 0.05) is 60.4 Å². The Kier molecular flexibility index (Phi) is 7.26. The number of aromatic nitrogens is 3. The summed E-state index contributed by atoms with van der Waals surface area (Å²) in [6.45, 7) is 4.40. The molecule has 0 bridgehead atoms. The van der Waals surface area contributed by atoms with Crippen LogP contribution in [0.25, 0.3) is 10.9 Å². The Labute approximate surface area is 226 Å². The Hall–Kier alpha value is -3.28. The molecule has 5 rings (SSSR count). The first kappa shape index (κ1) is 26.3. The Balaban J connectivity index is 1.41. The van der Waals surface area contributed by atoms with Crippen molar-refractivity contribution in [1.82, 2.24) is 18.4 Å². The maximum absolute atomic E-state index is 13.4. The van der Waals surface area contributed by atoms with Gasteiger partial charge in [-0.3, -0.25) is 4.79 Å². The van der Waals surface area contributed by atoms with E-state index in [0.717, 1.165) is 26.5 Å². The Morgan fingerprint density at radius 2 is 1.97 bits per heavy atom. The number of benzene rings is 2. The summed E-state index contributed by atoms with van der Waals surface area (Å²) >= 11 is 1.50. The van der Waals surface area contributed by atoms with Gasteiger partial charge in [0.1, 0.15) is 12.3 Å². The first-order valence-electron chi connectivity index (χ1n) is 12.4. The number of aliphatic carboxylic acids is 1. The van der Waals surface area contributed by atoms with Crippen molar-refractivity contribution in [2.75, 3.05) is 13.1 Å². The van der Waals surface area contributed by atoms with Gasteiger partial charge < -0.3 is 19.0 Å². The highest BCUT2D eigenvalue weighted by Crippen LogP contribution is 2.38. The number of carboxylic acids is 1. The lowest BCUT2D eigenvalue weighted by Crippen LogP contribution is -2.28. The lowest BCUT2D eigenvalue weighted by molar-refractivity contribution is -0.137. The summed E-state index contributed by atoms with van der Waals surface area (Å²) in [5.41, 5.74) is 1.77. The fourth-order valence-electron chi connectivity index (χ4n) is 4.83. The molecule has 2 aromatic carbocycles. The van der Waals surface area contributed by atoms with Gasteiger partial charge in [-0.2, -0.15) is 4.31 Å². The first-order chi connectivity index (χ1) is 18.1. The van der Waals surface area contributed by atoms with Gasteiger partial charge in [-0.15, -0.1) is 0 Å². The van der Waals surface area contributed by atoms with E-state index < -0.39 is 16.0 Å². The van der Waals surface area contributed by atoms with Crippen LogP contribution in [0.2, 0.25) is 0 Å². The van der Waals surface area contributed by atoms with Crippen LogP contribution in [0.3, 0.4) is 0 Å². The molecule has 2 aromatic heterocycles. The monoisotopic (exact) mass is 554 g/mol. The summed E-state index contributed by atoms with van der Waals surface area (Å²) in [4.78, 5) is 17.2. The van der Waals surface area contributed by atoms with E-state index in [4.69, 9.17) is 4.74 Å². The van der Waals surface area contributed by atoms with Gasteiger partial charge >= 0.3 is 5.97 Å². The molecule has 38 heavy (non-hydrogen) atoms. The predicted octanol–water partition coefficient (Wildman–Crippen LogP) is 4.58. The molecule has 1 unspecified atom stereocenters. The maximum atomic E-state index is 13.4. The average Bonchev–Trinajstić information content (AvgIpc) is 3.59.